The van der Waals surface area contributed by atoms with Gasteiger partial charge >= 0.3 is 11.9 Å². The van der Waals surface area contributed by atoms with Gasteiger partial charge < -0.3 is 39.4 Å². The first-order valence-electron chi connectivity index (χ1n) is 20.7. The van der Waals surface area contributed by atoms with Crippen molar-refractivity contribution in [2.24, 2.45) is 0 Å². The van der Waals surface area contributed by atoms with Gasteiger partial charge in [0.25, 0.3) is 0 Å². The number of ether oxygens (including phenoxy) is 4. The van der Waals surface area contributed by atoms with Crippen LogP contribution in [0.25, 0.3) is 0 Å². The summed E-state index contributed by atoms with van der Waals surface area (Å²) in [5, 5.41) is 39.9. The molecule has 10 heteroatoms. The summed E-state index contributed by atoms with van der Waals surface area (Å²) >= 11 is 0. The molecule has 53 heavy (non-hydrogen) atoms. The summed E-state index contributed by atoms with van der Waals surface area (Å²) in [6.45, 7) is 3.23. The lowest BCUT2D eigenvalue weighted by atomic mass is 9.99. The van der Waals surface area contributed by atoms with E-state index < -0.39 is 49.4 Å². The van der Waals surface area contributed by atoms with Crippen molar-refractivity contribution in [2.45, 2.75) is 192 Å². The molecule has 0 aromatic carbocycles. The zero-order valence-electron chi connectivity index (χ0n) is 33.0. The molecule has 4 N–H and O–H groups in total. The maximum Gasteiger partial charge on any atom is 0.306 e. The van der Waals surface area contributed by atoms with Crippen LogP contribution in [0.3, 0.4) is 0 Å². The quantitative estimate of drug-likeness (QED) is 0.0294. The van der Waals surface area contributed by atoms with E-state index in [0.29, 0.717) is 6.42 Å². The molecule has 6 unspecified atom stereocenters. The van der Waals surface area contributed by atoms with Crippen LogP contribution in [0.4, 0.5) is 0 Å². The number of esters is 2. The number of unbranched alkanes of at least 4 members (excludes halogenated alkanes) is 14. The van der Waals surface area contributed by atoms with Gasteiger partial charge in [-0.05, 0) is 51.4 Å². The van der Waals surface area contributed by atoms with Crippen LogP contribution in [-0.4, -0.2) is 89.0 Å². The molecule has 0 radical (unpaired) electrons. The molecule has 0 spiro atoms. The summed E-state index contributed by atoms with van der Waals surface area (Å²) in [4.78, 5) is 25.1. The Morgan fingerprint density at radius 2 is 1.11 bits per heavy atom. The number of aliphatic hydroxyl groups excluding tert-OH is 4. The van der Waals surface area contributed by atoms with Gasteiger partial charge in [0.15, 0.2) is 12.4 Å². The van der Waals surface area contributed by atoms with Gasteiger partial charge in [-0.15, -0.1) is 0 Å². The molecule has 1 saturated heterocycles. The van der Waals surface area contributed by atoms with Gasteiger partial charge in [0.2, 0.25) is 0 Å². The third-order valence-corrected chi connectivity index (χ3v) is 9.23. The second kappa shape index (κ2) is 34.2. The van der Waals surface area contributed by atoms with Crippen molar-refractivity contribution < 1.29 is 49.0 Å². The first-order chi connectivity index (χ1) is 25.8. The number of carbonyl (C=O) groups excluding carboxylic acids is 2. The summed E-state index contributed by atoms with van der Waals surface area (Å²) in [7, 11) is 0. The SMILES string of the molecule is CC/C=C\C/C=C\C/C=C\C/C=C\CCCCCCCCCCC(=O)OC(COC(=O)CCCCCCCCC)COC1OC(CO)C(O)C(O)C1O. The average Bonchev–Trinajstić information content (AvgIpc) is 3.15. The van der Waals surface area contributed by atoms with Crippen molar-refractivity contribution in [3.63, 3.8) is 0 Å². The Labute approximate surface area is 320 Å². The van der Waals surface area contributed by atoms with E-state index >= 15 is 0 Å². The molecule has 1 aliphatic rings. The molecule has 0 aromatic rings. The molecule has 0 bridgehead atoms. The summed E-state index contributed by atoms with van der Waals surface area (Å²) < 4.78 is 22.0. The summed E-state index contributed by atoms with van der Waals surface area (Å²) in [6, 6.07) is 0. The van der Waals surface area contributed by atoms with Crippen LogP contribution in [0, 0.1) is 0 Å². The highest BCUT2D eigenvalue weighted by Crippen LogP contribution is 2.22. The Bertz CT molecular complexity index is 1010. The molecule has 0 amide bonds. The Morgan fingerprint density at radius 1 is 0.604 bits per heavy atom. The van der Waals surface area contributed by atoms with Gasteiger partial charge in [0.05, 0.1) is 13.2 Å². The normalized spacial score (nSPS) is 21.4. The van der Waals surface area contributed by atoms with Gasteiger partial charge in [-0.25, -0.2) is 0 Å². The number of hydrogen-bond acceptors (Lipinski definition) is 10. The summed E-state index contributed by atoms with van der Waals surface area (Å²) in [5.41, 5.74) is 0. The fourth-order valence-electron chi connectivity index (χ4n) is 5.94. The van der Waals surface area contributed by atoms with Crippen molar-refractivity contribution in [1.29, 1.82) is 0 Å². The highest BCUT2D eigenvalue weighted by atomic mass is 16.7. The molecule has 1 aliphatic heterocycles. The molecule has 0 saturated carbocycles. The number of carbonyl (C=O) groups is 2. The molecular formula is C43H74O10. The minimum atomic E-state index is -1.59. The Balaban J connectivity index is 2.29. The van der Waals surface area contributed by atoms with E-state index in [1.54, 1.807) is 0 Å². The lowest BCUT2D eigenvalue weighted by Crippen LogP contribution is -2.59. The van der Waals surface area contributed by atoms with Crippen LogP contribution in [0.1, 0.15) is 155 Å². The zero-order chi connectivity index (χ0) is 38.8. The first-order valence-corrected chi connectivity index (χ1v) is 20.7. The van der Waals surface area contributed by atoms with Gasteiger partial charge in [-0.3, -0.25) is 9.59 Å². The standard InChI is InChI=1S/C43H74O10/c1-3-5-7-9-11-12-13-14-15-16-17-18-19-20-21-22-23-24-26-28-30-32-39(46)52-36(34-50-38(45)31-29-27-25-10-8-6-4-2)35-51-43-42(49)41(48)40(47)37(33-44)53-43/h5,7,11-12,14-15,17-18,36-37,40-44,47-49H,3-4,6,8-10,13,16,19-35H2,1-2H3/b7-5-,12-11-,15-14-,18-17-. The van der Waals surface area contributed by atoms with Crippen molar-refractivity contribution >= 4 is 11.9 Å². The van der Waals surface area contributed by atoms with Crippen LogP contribution in [0.2, 0.25) is 0 Å². The van der Waals surface area contributed by atoms with E-state index in [0.717, 1.165) is 77.0 Å². The van der Waals surface area contributed by atoms with Gasteiger partial charge in [-0.2, -0.15) is 0 Å². The Kier molecular flexibility index (Phi) is 31.4. The van der Waals surface area contributed by atoms with Crippen molar-refractivity contribution in [3.8, 4) is 0 Å². The average molecular weight is 751 g/mol. The van der Waals surface area contributed by atoms with Gasteiger partial charge in [0.1, 0.15) is 31.0 Å². The third kappa shape index (κ3) is 26.2. The minimum absolute atomic E-state index is 0.220. The van der Waals surface area contributed by atoms with Crippen LogP contribution < -0.4 is 0 Å². The van der Waals surface area contributed by atoms with E-state index in [1.807, 2.05) is 0 Å². The highest BCUT2D eigenvalue weighted by Gasteiger charge is 2.44. The van der Waals surface area contributed by atoms with Crippen molar-refractivity contribution in [3.05, 3.63) is 48.6 Å². The molecule has 0 aromatic heterocycles. The minimum Gasteiger partial charge on any atom is -0.462 e. The summed E-state index contributed by atoms with van der Waals surface area (Å²) in [5.74, 6) is -0.825. The molecular weight excluding hydrogens is 676 g/mol. The zero-order valence-corrected chi connectivity index (χ0v) is 33.0. The van der Waals surface area contributed by atoms with Gasteiger partial charge in [-0.1, -0.05) is 140 Å². The fraction of sp³-hybridized carbons (Fsp3) is 0.767. The van der Waals surface area contributed by atoms with Gasteiger partial charge in [0, 0.05) is 12.8 Å². The fourth-order valence-corrected chi connectivity index (χ4v) is 5.94. The highest BCUT2D eigenvalue weighted by molar-refractivity contribution is 5.70. The molecule has 1 rings (SSSR count). The van der Waals surface area contributed by atoms with E-state index in [1.165, 1.54) is 44.9 Å². The molecule has 0 aliphatic carbocycles. The smallest absolute Gasteiger partial charge is 0.306 e. The molecule has 1 heterocycles. The van der Waals surface area contributed by atoms with E-state index in [2.05, 4.69) is 62.5 Å². The van der Waals surface area contributed by atoms with Crippen LogP contribution in [-0.2, 0) is 28.5 Å². The second-order valence-corrected chi connectivity index (χ2v) is 14.1. The molecule has 306 valence electrons. The van der Waals surface area contributed by atoms with Crippen LogP contribution in [0.5, 0.6) is 0 Å². The predicted molar refractivity (Wildman–Crippen MR) is 210 cm³/mol. The largest absolute Gasteiger partial charge is 0.462 e. The number of hydrogen-bond donors (Lipinski definition) is 4. The maximum absolute atomic E-state index is 12.7. The Hall–Kier alpha value is -2.34. The number of aliphatic hydroxyl groups is 4. The first kappa shape index (κ1) is 48.7. The van der Waals surface area contributed by atoms with Crippen molar-refractivity contribution in [2.75, 3.05) is 19.8 Å². The summed E-state index contributed by atoms with van der Waals surface area (Å²) in [6.07, 6.45) is 31.4. The monoisotopic (exact) mass is 751 g/mol. The molecule has 6 atom stereocenters. The van der Waals surface area contributed by atoms with Crippen LogP contribution >= 0.6 is 0 Å². The molecule has 1 fully saturated rings. The predicted octanol–water partition coefficient (Wildman–Crippen LogP) is 8.10. The van der Waals surface area contributed by atoms with Crippen LogP contribution in [0.15, 0.2) is 48.6 Å². The maximum atomic E-state index is 12.7. The number of rotatable bonds is 33. The third-order valence-electron chi connectivity index (χ3n) is 9.23. The van der Waals surface area contributed by atoms with E-state index in [9.17, 15) is 30.0 Å². The Morgan fingerprint density at radius 3 is 1.68 bits per heavy atom. The second-order valence-electron chi connectivity index (χ2n) is 14.1. The number of allylic oxidation sites excluding steroid dienone is 8. The van der Waals surface area contributed by atoms with E-state index in [4.69, 9.17) is 18.9 Å². The lowest BCUT2D eigenvalue weighted by Gasteiger charge is -2.39. The topological polar surface area (TPSA) is 152 Å². The van der Waals surface area contributed by atoms with E-state index in [-0.39, 0.29) is 32.0 Å². The molecule has 10 nitrogen and oxygen atoms in total. The van der Waals surface area contributed by atoms with Crippen molar-refractivity contribution in [1.82, 2.24) is 0 Å². The lowest BCUT2D eigenvalue weighted by molar-refractivity contribution is -0.305.